The van der Waals surface area contributed by atoms with E-state index in [0.717, 1.165) is 47.3 Å². The molecule has 0 spiro atoms. The summed E-state index contributed by atoms with van der Waals surface area (Å²) in [6.07, 6.45) is 17.0. The minimum Gasteiger partial charge on any atom is -0.0649 e. The first-order valence-electron chi connectivity index (χ1n) is 15.3. The molecule has 0 aliphatic carbocycles. The fourth-order valence-electron chi connectivity index (χ4n) is 5.06. The van der Waals surface area contributed by atoms with Crippen molar-refractivity contribution in [2.45, 2.75) is 160 Å². The largest absolute Gasteiger partial charge is 0.0649 e. The third kappa shape index (κ3) is 15.6. The average molecular weight is 465 g/mol. The number of rotatable bonds is 20. The topological polar surface area (TPSA) is 0 Å². The van der Waals surface area contributed by atoms with E-state index in [2.05, 4.69) is 83.1 Å². The normalized spacial score (nSPS) is 19.8. The lowest BCUT2D eigenvalue weighted by atomic mass is 9.73. The first-order valence-corrected chi connectivity index (χ1v) is 15.3. The first kappa shape index (κ1) is 33.0. The van der Waals surface area contributed by atoms with Crippen LogP contribution in [-0.2, 0) is 0 Å². The molecule has 0 aromatic carbocycles. The lowest BCUT2D eigenvalue weighted by molar-refractivity contribution is 0.196. The molecule has 7 atom stereocenters. The Morgan fingerprint density at radius 3 is 1.33 bits per heavy atom. The molecule has 0 aromatic heterocycles. The lowest BCUT2D eigenvalue weighted by Gasteiger charge is -2.32. The molecule has 0 N–H and O–H groups in total. The molecule has 33 heavy (non-hydrogen) atoms. The van der Waals surface area contributed by atoms with Crippen LogP contribution in [0.5, 0.6) is 0 Å². The lowest BCUT2D eigenvalue weighted by Crippen LogP contribution is -2.20. The van der Waals surface area contributed by atoms with Crippen LogP contribution in [0, 0.1) is 52.8 Å². The monoisotopic (exact) mass is 465 g/mol. The summed E-state index contributed by atoms with van der Waals surface area (Å²) in [6.45, 7) is 29.4. The Bertz CT molecular complexity index is 449. The minimum absolute atomic E-state index is 0.549. The van der Waals surface area contributed by atoms with Crippen LogP contribution in [-0.4, -0.2) is 0 Å². The average Bonchev–Trinajstić information content (AvgIpc) is 2.77. The molecule has 200 valence electrons. The molecule has 7 unspecified atom stereocenters. The molecule has 0 saturated carbocycles. The van der Waals surface area contributed by atoms with E-state index in [1.165, 1.54) is 77.0 Å². The molecule has 0 aliphatic rings. The van der Waals surface area contributed by atoms with E-state index in [1.54, 1.807) is 0 Å². The zero-order valence-electron chi connectivity index (χ0n) is 25.6. The van der Waals surface area contributed by atoms with Crippen molar-refractivity contribution in [3.8, 4) is 0 Å². The second-order valence-electron chi connectivity index (χ2n) is 13.9. The van der Waals surface area contributed by atoms with Gasteiger partial charge in [0.15, 0.2) is 0 Å². The third-order valence-corrected chi connectivity index (χ3v) is 10.1. The first-order chi connectivity index (χ1) is 15.3. The quantitative estimate of drug-likeness (QED) is 0.168. The van der Waals surface area contributed by atoms with Crippen LogP contribution in [0.1, 0.15) is 160 Å². The van der Waals surface area contributed by atoms with E-state index in [4.69, 9.17) is 0 Å². The van der Waals surface area contributed by atoms with Gasteiger partial charge < -0.3 is 0 Å². The summed E-state index contributed by atoms with van der Waals surface area (Å²) in [5.41, 5.74) is 0.549. The van der Waals surface area contributed by atoms with Gasteiger partial charge in [-0.15, -0.1) is 0 Å². The maximum absolute atomic E-state index is 2.58. The molecule has 0 saturated heterocycles. The Labute approximate surface area is 212 Å². The van der Waals surface area contributed by atoms with Gasteiger partial charge in [-0.25, -0.2) is 0 Å². The van der Waals surface area contributed by atoms with E-state index in [0.29, 0.717) is 5.41 Å². The highest BCUT2D eigenvalue weighted by atomic mass is 14.3. The van der Waals surface area contributed by atoms with E-state index in [9.17, 15) is 0 Å². The highest BCUT2D eigenvalue weighted by Crippen LogP contribution is 2.38. The second-order valence-corrected chi connectivity index (χ2v) is 13.9. The van der Waals surface area contributed by atoms with Gasteiger partial charge in [-0.2, -0.15) is 0 Å². The van der Waals surface area contributed by atoms with E-state index in [1.807, 2.05) is 0 Å². The summed E-state index contributed by atoms with van der Waals surface area (Å²) in [5, 5.41) is 0. The predicted molar refractivity (Wildman–Crippen MR) is 154 cm³/mol. The van der Waals surface area contributed by atoms with Gasteiger partial charge >= 0.3 is 0 Å². The second kappa shape index (κ2) is 17.4. The molecule has 0 aromatic rings. The molecule has 0 nitrogen and oxygen atoms in total. The molecule has 0 rings (SSSR count). The van der Waals surface area contributed by atoms with Crippen molar-refractivity contribution in [1.29, 1.82) is 0 Å². The van der Waals surface area contributed by atoms with Gasteiger partial charge in [0.2, 0.25) is 0 Å². The van der Waals surface area contributed by atoms with Crippen molar-refractivity contribution >= 4 is 0 Å². The van der Waals surface area contributed by atoms with Gasteiger partial charge in [0, 0.05) is 0 Å². The summed E-state index contributed by atoms with van der Waals surface area (Å²) in [5.74, 6) is 6.96. The Hall–Kier alpha value is 0. The van der Waals surface area contributed by atoms with Crippen LogP contribution in [0.15, 0.2) is 0 Å². The summed E-state index contributed by atoms with van der Waals surface area (Å²) < 4.78 is 0. The Morgan fingerprint density at radius 2 is 0.848 bits per heavy atom. The Kier molecular flexibility index (Phi) is 17.4. The van der Waals surface area contributed by atoms with Crippen molar-refractivity contribution in [2.75, 3.05) is 0 Å². The number of hydrogen-bond donors (Lipinski definition) is 0. The van der Waals surface area contributed by atoms with Gasteiger partial charge in [-0.05, 0) is 72.0 Å². The van der Waals surface area contributed by atoms with Gasteiger partial charge in [-0.1, -0.05) is 141 Å². The fourth-order valence-corrected chi connectivity index (χ4v) is 5.06. The summed E-state index contributed by atoms with van der Waals surface area (Å²) in [7, 11) is 0. The van der Waals surface area contributed by atoms with Crippen LogP contribution >= 0.6 is 0 Å². The summed E-state index contributed by atoms with van der Waals surface area (Å²) >= 11 is 0. The molecular formula is C33H68. The van der Waals surface area contributed by atoms with E-state index < -0.39 is 0 Å². The zero-order chi connectivity index (χ0) is 25.6. The summed E-state index contributed by atoms with van der Waals surface area (Å²) in [4.78, 5) is 0. The summed E-state index contributed by atoms with van der Waals surface area (Å²) in [6, 6.07) is 0. The Morgan fingerprint density at radius 1 is 0.455 bits per heavy atom. The standard InChI is InChI=1S/C33H68/c1-13-33(12,24-22-32(11)31(10)20-19-30(9)26(4)5)23-21-28(7)16-14-15-27(6)17-18-29(8)25(2)3/h25-32H,13-24H2,1-12H3. The molecular weight excluding hydrogens is 396 g/mol. The Balaban J connectivity index is 4.21. The van der Waals surface area contributed by atoms with Crippen LogP contribution in [0.4, 0.5) is 0 Å². The molecule has 0 heterocycles. The van der Waals surface area contributed by atoms with E-state index in [-0.39, 0.29) is 0 Å². The highest BCUT2D eigenvalue weighted by molar-refractivity contribution is 4.77. The van der Waals surface area contributed by atoms with Gasteiger partial charge in [0.25, 0.3) is 0 Å². The van der Waals surface area contributed by atoms with E-state index >= 15 is 0 Å². The molecule has 0 aliphatic heterocycles. The highest BCUT2D eigenvalue weighted by Gasteiger charge is 2.25. The smallest absolute Gasteiger partial charge is 0.0328 e. The maximum Gasteiger partial charge on any atom is -0.0328 e. The van der Waals surface area contributed by atoms with Crippen molar-refractivity contribution in [3.05, 3.63) is 0 Å². The third-order valence-electron chi connectivity index (χ3n) is 10.1. The predicted octanol–water partition coefficient (Wildman–Crippen LogP) is 11.8. The fraction of sp³-hybridized carbons (Fsp3) is 1.00. The van der Waals surface area contributed by atoms with Gasteiger partial charge in [0.1, 0.15) is 0 Å². The van der Waals surface area contributed by atoms with Crippen molar-refractivity contribution in [3.63, 3.8) is 0 Å². The molecule has 0 radical (unpaired) electrons. The molecule has 0 fully saturated rings. The van der Waals surface area contributed by atoms with Crippen LogP contribution < -0.4 is 0 Å². The van der Waals surface area contributed by atoms with Gasteiger partial charge in [-0.3, -0.25) is 0 Å². The van der Waals surface area contributed by atoms with Crippen molar-refractivity contribution < 1.29 is 0 Å². The zero-order valence-corrected chi connectivity index (χ0v) is 25.6. The minimum atomic E-state index is 0.549. The SMILES string of the molecule is CCC(C)(CCC(C)CCCC(C)CCC(C)C(C)C)CCC(C)C(C)CCC(C)C(C)C. The van der Waals surface area contributed by atoms with Crippen molar-refractivity contribution in [1.82, 2.24) is 0 Å². The maximum atomic E-state index is 2.58. The van der Waals surface area contributed by atoms with Gasteiger partial charge in [0.05, 0.1) is 0 Å². The van der Waals surface area contributed by atoms with Crippen LogP contribution in [0.3, 0.4) is 0 Å². The molecule has 0 amide bonds. The molecule has 0 heteroatoms. The van der Waals surface area contributed by atoms with Crippen LogP contribution in [0.2, 0.25) is 0 Å². The van der Waals surface area contributed by atoms with Crippen LogP contribution in [0.25, 0.3) is 0 Å². The van der Waals surface area contributed by atoms with Crippen molar-refractivity contribution in [2.24, 2.45) is 52.8 Å². The number of hydrogen-bond acceptors (Lipinski definition) is 0. The molecule has 0 bridgehead atoms.